The third-order valence-corrected chi connectivity index (χ3v) is 13.7. The van der Waals surface area contributed by atoms with Crippen LogP contribution >= 0.6 is 46.4 Å². The molecule has 4 aromatic heterocycles. The number of nitrogens with one attached hydrogen (secondary N) is 4. The first-order valence-electron chi connectivity index (χ1n) is 18.7. The van der Waals surface area contributed by atoms with Crippen molar-refractivity contribution >= 4 is 46.4 Å². The Bertz CT molecular complexity index is 2230. The Balaban J connectivity index is 1.37. The van der Waals surface area contributed by atoms with Gasteiger partial charge in [-0.2, -0.15) is 0 Å². The van der Waals surface area contributed by atoms with Crippen molar-refractivity contribution in [2.75, 3.05) is 0 Å². The van der Waals surface area contributed by atoms with Crippen molar-refractivity contribution in [2.45, 2.75) is 49.4 Å². The van der Waals surface area contributed by atoms with Crippen LogP contribution in [0, 0.1) is 0 Å². The topological polar surface area (TPSA) is 63.2 Å². The molecule has 56 heavy (non-hydrogen) atoms. The summed E-state index contributed by atoms with van der Waals surface area (Å²) in [5.74, 6) is 0. The Morgan fingerprint density at radius 2 is 0.393 bits per heavy atom. The normalized spacial score (nSPS) is 23.3. The van der Waals surface area contributed by atoms with E-state index in [1.807, 2.05) is 48.5 Å². The monoisotopic (exact) mass is 812 g/mol. The van der Waals surface area contributed by atoms with E-state index in [4.69, 9.17) is 46.4 Å². The van der Waals surface area contributed by atoms with Crippen LogP contribution in [0.2, 0.25) is 20.1 Å². The third-order valence-electron chi connectivity index (χ3n) is 12.7. The van der Waals surface area contributed by atoms with E-state index in [9.17, 15) is 0 Å². The van der Waals surface area contributed by atoms with Crippen LogP contribution in [0.25, 0.3) is 0 Å². The molecule has 0 atom stereocenters. The summed E-state index contributed by atoms with van der Waals surface area (Å²) in [6, 6.07) is 50.3. The van der Waals surface area contributed by atoms with Gasteiger partial charge in [-0.1, -0.05) is 94.9 Å². The van der Waals surface area contributed by atoms with Gasteiger partial charge in [0.15, 0.2) is 0 Å². The summed E-state index contributed by atoms with van der Waals surface area (Å²) >= 11 is 26.0. The molecule has 9 rings (SSSR count). The quantitative estimate of drug-likeness (QED) is 0.137. The first kappa shape index (κ1) is 36.8. The van der Waals surface area contributed by atoms with Crippen molar-refractivity contribution in [3.8, 4) is 0 Å². The van der Waals surface area contributed by atoms with E-state index in [0.29, 0.717) is 20.1 Å². The Morgan fingerprint density at radius 1 is 0.250 bits per heavy atom. The lowest BCUT2D eigenvalue weighted by molar-refractivity contribution is 0.589. The minimum atomic E-state index is -0.630. The van der Waals surface area contributed by atoms with Crippen molar-refractivity contribution in [1.82, 2.24) is 19.9 Å². The fourth-order valence-electron chi connectivity index (χ4n) is 8.87. The van der Waals surface area contributed by atoms with E-state index in [0.717, 1.165) is 67.8 Å². The van der Waals surface area contributed by atoms with Crippen LogP contribution in [0.3, 0.4) is 0 Å². The largest absolute Gasteiger partial charge is 0.360 e. The molecule has 0 saturated heterocycles. The van der Waals surface area contributed by atoms with Gasteiger partial charge in [0, 0.05) is 65.6 Å². The van der Waals surface area contributed by atoms with Crippen LogP contribution < -0.4 is 0 Å². The zero-order chi connectivity index (χ0) is 39.0. The van der Waals surface area contributed by atoms with Crippen LogP contribution in [0.4, 0.5) is 0 Å². The van der Waals surface area contributed by atoms with Crippen molar-refractivity contribution in [2.24, 2.45) is 0 Å². The lowest BCUT2D eigenvalue weighted by Crippen LogP contribution is -2.32. The average molecular weight is 815 g/mol. The maximum atomic E-state index is 6.49. The Morgan fingerprint density at radius 3 is 0.536 bits per heavy atom. The number of rotatable bonds is 4. The summed E-state index contributed by atoms with van der Waals surface area (Å²) in [4.78, 5) is 15.9. The van der Waals surface area contributed by atoms with Gasteiger partial charge in [-0.05, 0) is 147 Å². The highest BCUT2D eigenvalue weighted by atomic mass is 35.5. The zero-order valence-corrected chi connectivity index (χ0v) is 34.4. The van der Waals surface area contributed by atoms with Crippen LogP contribution in [0.1, 0.15) is 95.5 Å². The summed E-state index contributed by atoms with van der Waals surface area (Å²) in [6.45, 7) is 9.06. The van der Waals surface area contributed by atoms with Crippen molar-refractivity contribution in [3.05, 3.63) is 233 Å². The zero-order valence-electron chi connectivity index (χ0n) is 31.4. The van der Waals surface area contributed by atoms with Crippen LogP contribution in [-0.2, 0) is 21.7 Å². The molecule has 0 amide bonds. The van der Waals surface area contributed by atoms with Gasteiger partial charge >= 0.3 is 0 Å². The molecule has 0 spiro atoms. The SMILES string of the molecule is CC1(c2ccc(Cl)cc2)c2ccc([nH]2)C(C)(c2ccc(Cl)cc2)c2ccc([nH]2)C(C)(c2ccc(Cl)cc2)c2ccc([nH]2)C(C)(c2ccc(Cl)cc2)c2ccc1[nH]2. The summed E-state index contributed by atoms with van der Waals surface area (Å²) in [7, 11) is 0. The summed E-state index contributed by atoms with van der Waals surface area (Å²) in [5, 5.41) is 2.75. The standard InChI is InChI=1S/C48H40Cl4N4/c1-45(29-5-13-33(49)14-6-29)37-21-23-39(53-37)46(2,30-7-15-34(50)16-8-30)41-25-27-43(55-41)48(4,32-11-19-36(52)20-12-32)44-28-26-42(56-44)47(3,40-24-22-38(45)54-40)31-9-17-35(51)18-10-31/h5-28,53-56H,1-4H3. The Labute approximate surface area is 347 Å². The van der Waals surface area contributed by atoms with Crippen molar-refractivity contribution in [1.29, 1.82) is 0 Å². The number of fused-ring (bicyclic) bond motifs is 8. The maximum absolute atomic E-state index is 6.49. The molecule has 4 aromatic carbocycles. The molecule has 4 nitrogen and oxygen atoms in total. The lowest BCUT2D eigenvalue weighted by Gasteiger charge is -2.34. The number of halogens is 4. The second-order valence-electron chi connectivity index (χ2n) is 15.7. The van der Waals surface area contributed by atoms with E-state index in [-0.39, 0.29) is 0 Å². The van der Waals surface area contributed by atoms with Gasteiger partial charge in [-0.15, -0.1) is 0 Å². The van der Waals surface area contributed by atoms with Gasteiger partial charge in [0.25, 0.3) is 0 Å². The minimum Gasteiger partial charge on any atom is -0.360 e. The summed E-state index contributed by atoms with van der Waals surface area (Å²) < 4.78 is 0. The summed E-state index contributed by atoms with van der Waals surface area (Å²) in [6.07, 6.45) is 0. The molecule has 8 heteroatoms. The number of H-pyrrole nitrogens is 4. The Kier molecular flexibility index (Phi) is 8.79. The fourth-order valence-corrected chi connectivity index (χ4v) is 9.37. The van der Waals surface area contributed by atoms with Crippen LogP contribution in [0.5, 0.6) is 0 Å². The molecule has 4 N–H and O–H groups in total. The van der Waals surface area contributed by atoms with E-state index in [1.165, 1.54) is 0 Å². The molecule has 0 radical (unpaired) electrons. The predicted molar refractivity (Wildman–Crippen MR) is 231 cm³/mol. The molecule has 1 aliphatic rings. The van der Waals surface area contributed by atoms with E-state index in [1.54, 1.807) is 0 Å². The first-order chi connectivity index (χ1) is 26.8. The molecule has 1 aliphatic heterocycles. The van der Waals surface area contributed by atoms with Gasteiger partial charge in [0.05, 0.1) is 21.7 Å². The number of hydrogen-bond acceptors (Lipinski definition) is 0. The van der Waals surface area contributed by atoms with Gasteiger partial charge in [0.2, 0.25) is 0 Å². The van der Waals surface area contributed by atoms with Crippen LogP contribution in [0.15, 0.2) is 146 Å². The molecule has 0 unspecified atom stereocenters. The molecule has 5 heterocycles. The molecule has 8 bridgehead atoms. The van der Waals surface area contributed by atoms with E-state index >= 15 is 0 Å². The number of aromatic amines is 4. The lowest BCUT2D eigenvalue weighted by atomic mass is 9.76. The number of aromatic nitrogens is 4. The van der Waals surface area contributed by atoms with Crippen LogP contribution in [-0.4, -0.2) is 19.9 Å². The van der Waals surface area contributed by atoms with E-state index < -0.39 is 21.7 Å². The Hall–Kier alpha value is -4.84. The van der Waals surface area contributed by atoms with Crippen molar-refractivity contribution in [3.63, 3.8) is 0 Å². The minimum absolute atomic E-state index is 0.630. The molecular formula is C48H40Cl4N4. The molecule has 0 aliphatic carbocycles. The molecule has 0 fully saturated rings. The third kappa shape index (κ3) is 5.56. The van der Waals surface area contributed by atoms with Gasteiger partial charge < -0.3 is 19.9 Å². The summed E-state index contributed by atoms with van der Waals surface area (Å²) in [5.41, 5.74) is 10.1. The second kappa shape index (κ2) is 13.4. The first-order valence-corrected chi connectivity index (χ1v) is 20.2. The highest BCUT2D eigenvalue weighted by Crippen LogP contribution is 2.48. The maximum Gasteiger partial charge on any atom is 0.0723 e. The fraction of sp³-hybridized carbons (Fsp3) is 0.167. The molecule has 8 aromatic rings. The smallest absolute Gasteiger partial charge is 0.0723 e. The molecule has 0 saturated carbocycles. The molecular weight excluding hydrogens is 774 g/mol. The predicted octanol–water partition coefficient (Wildman–Crippen LogP) is 13.3. The average Bonchev–Trinajstić information content (AvgIpc) is 4.05. The number of benzene rings is 4. The van der Waals surface area contributed by atoms with Gasteiger partial charge in [-0.25, -0.2) is 0 Å². The molecule has 280 valence electrons. The highest BCUT2D eigenvalue weighted by Gasteiger charge is 2.43. The van der Waals surface area contributed by atoms with Crippen molar-refractivity contribution < 1.29 is 0 Å². The van der Waals surface area contributed by atoms with Gasteiger partial charge in [-0.3, -0.25) is 0 Å². The van der Waals surface area contributed by atoms with Gasteiger partial charge in [0.1, 0.15) is 0 Å². The highest BCUT2D eigenvalue weighted by molar-refractivity contribution is 6.31. The van der Waals surface area contributed by atoms with E-state index in [2.05, 4.69) is 145 Å². The number of hydrogen-bond donors (Lipinski definition) is 4. The second-order valence-corrected chi connectivity index (χ2v) is 17.4.